The van der Waals surface area contributed by atoms with Crippen LogP contribution in [0, 0.1) is 11.8 Å². The fraction of sp³-hybridized carbons (Fsp3) is 0.609. The van der Waals surface area contributed by atoms with Crippen LogP contribution in [-0.2, 0) is 4.79 Å². The van der Waals surface area contributed by atoms with Gasteiger partial charge in [0.2, 0.25) is 5.91 Å². The number of rotatable bonds is 1. The molecular weight excluding hydrogens is 366 g/mol. The zero-order valence-corrected chi connectivity index (χ0v) is 16.6. The summed E-state index contributed by atoms with van der Waals surface area (Å²) in [5, 5.41) is 0. The normalized spacial score (nSPS) is 36.7. The molecule has 6 heteroatoms. The Morgan fingerprint density at radius 1 is 0.828 bits per heavy atom. The summed E-state index contributed by atoms with van der Waals surface area (Å²) >= 11 is 0. The Balaban J connectivity index is 1.29. The molecule has 6 nitrogen and oxygen atoms in total. The highest BCUT2D eigenvalue weighted by molar-refractivity contribution is 6.22. The molecule has 0 radical (unpaired) electrons. The van der Waals surface area contributed by atoms with Crippen LogP contribution in [0.3, 0.4) is 0 Å². The summed E-state index contributed by atoms with van der Waals surface area (Å²) in [4.78, 5) is 45.5. The molecule has 5 atom stereocenters. The molecule has 0 saturated carbocycles. The second kappa shape index (κ2) is 6.39. The second-order valence-corrected chi connectivity index (χ2v) is 9.41. The number of carbonyl (C=O) groups excluding carboxylic acids is 3. The summed E-state index contributed by atoms with van der Waals surface area (Å²) in [6.07, 6.45) is 6.30. The molecule has 1 aromatic rings. The fourth-order valence-electron chi connectivity index (χ4n) is 6.99. The van der Waals surface area contributed by atoms with Crippen molar-refractivity contribution in [1.29, 1.82) is 0 Å². The lowest BCUT2D eigenvalue weighted by atomic mass is 9.67. The van der Waals surface area contributed by atoms with Gasteiger partial charge in [-0.3, -0.25) is 24.2 Å². The lowest BCUT2D eigenvalue weighted by molar-refractivity contribution is -0.156. The first-order valence-corrected chi connectivity index (χ1v) is 11.2. The van der Waals surface area contributed by atoms with Crippen molar-refractivity contribution in [3.8, 4) is 0 Å². The molecule has 6 rings (SSSR count). The largest absolute Gasteiger partial charge is 0.337 e. The third-order valence-corrected chi connectivity index (χ3v) is 8.11. The van der Waals surface area contributed by atoms with Crippen molar-refractivity contribution in [2.75, 3.05) is 19.6 Å². The fourth-order valence-corrected chi connectivity index (χ4v) is 6.99. The maximum Gasteiger partial charge on any atom is 0.262 e. The van der Waals surface area contributed by atoms with Gasteiger partial charge >= 0.3 is 0 Å². The van der Waals surface area contributed by atoms with Crippen molar-refractivity contribution >= 4 is 17.7 Å². The van der Waals surface area contributed by atoms with Gasteiger partial charge in [0.25, 0.3) is 11.8 Å². The molecule has 0 N–H and O–H groups in total. The zero-order chi connectivity index (χ0) is 19.7. The summed E-state index contributed by atoms with van der Waals surface area (Å²) in [5.41, 5.74) is 0.864. The van der Waals surface area contributed by atoms with E-state index in [0.717, 1.165) is 13.0 Å². The van der Waals surface area contributed by atoms with E-state index >= 15 is 0 Å². The Bertz CT molecular complexity index is 862. The topological polar surface area (TPSA) is 60.9 Å². The van der Waals surface area contributed by atoms with E-state index in [1.165, 1.54) is 43.7 Å². The lowest BCUT2D eigenvalue weighted by Gasteiger charge is -2.59. The second-order valence-electron chi connectivity index (χ2n) is 9.41. The highest BCUT2D eigenvalue weighted by atomic mass is 16.2. The number of nitrogens with zero attached hydrogens (tertiary/aromatic N) is 3. The number of carbonyl (C=O) groups is 3. The molecule has 0 aromatic heterocycles. The predicted octanol–water partition coefficient (Wildman–Crippen LogP) is 2.15. The Morgan fingerprint density at radius 2 is 1.52 bits per heavy atom. The summed E-state index contributed by atoms with van der Waals surface area (Å²) in [7, 11) is 0. The molecule has 152 valence electrons. The SMILES string of the molecule is O=C1c2ccccc2C(=O)N1C1CC[C@@H]2[C@H]3CCCN4CCC[C@@H](CN2C1=O)[C@@H]34. The average Bonchev–Trinajstić information content (AvgIpc) is 3.00. The van der Waals surface area contributed by atoms with Crippen LogP contribution in [0.1, 0.15) is 59.2 Å². The third kappa shape index (κ3) is 2.41. The Morgan fingerprint density at radius 3 is 2.24 bits per heavy atom. The molecule has 4 fully saturated rings. The van der Waals surface area contributed by atoms with E-state index in [-0.39, 0.29) is 23.8 Å². The van der Waals surface area contributed by atoms with E-state index in [1.54, 1.807) is 24.3 Å². The van der Waals surface area contributed by atoms with Crippen LogP contribution in [-0.4, -0.2) is 70.2 Å². The molecule has 0 spiro atoms. The van der Waals surface area contributed by atoms with Crippen molar-refractivity contribution < 1.29 is 14.4 Å². The molecule has 3 amide bonds. The maximum atomic E-state index is 13.6. The van der Waals surface area contributed by atoms with E-state index in [2.05, 4.69) is 9.80 Å². The number of amides is 3. The van der Waals surface area contributed by atoms with Gasteiger partial charge in [-0.2, -0.15) is 0 Å². The number of hydrogen-bond acceptors (Lipinski definition) is 4. The molecule has 1 aromatic carbocycles. The summed E-state index contributed by atoms with van der Waals surface area (Å²) in [5.74, 6) is 0.472. The zero-order valence-electron chi connectivity index (χ0n) is 16.6. The number of piperidine rings is 4. The minimum Gasteiger partial charge on any atom is -0.337 e. The van der Waals surface area contributed by atoms with Crippen LogP contribution < -0.4 is 0 Å². The number of hydrogen-bond donors (Lipinski definition) is 0. The highest BCUT2D eigenvalue weighted by Gasteiger charge is 2.54. The van der Waals surface area contributed by atoms with Gasteiger partial charge in [0.1, 0.15) is 6.04 Å². The summed E-state index contributed by atoms with van der Waals surface area (Å²) in [6, 6.07) is 7.19. The Hall–Kier alpha value is -2.21. The first-order chi connectivity index (χ1) is 14.1. The van der Waals surface area contributed by atoms with Gasteiger partial charge < -0.3 is 4.90 Å². The first-order valence-electron chi connectivity index (χ1n) is 11.2. The molecule has 5 heterocycles. The van der Waals surface area contributed by atoms with E-state index < -0.39 is 6.04 Å². The van der Waals surface area contributed by atoms with E-state index in [1.807, 2.05) is 0 Å². The van der Waals surface area contributed by atoms with Crippen molar-refractivity contribution in [1.82, 2.24) is 14.7 Å². The lowest BCUT2D eigenvalue weighted by Crippen LogP contribution is -2.69. The minimum atomic E-state index is -0.640. The summed E-state index contributed by atoms with van der Waals surface area (Å²) < 4.78 is 0. The average molecular weight is 393 g/mol. The summed E-state index contributed by atoms with van der Waals surface area (Å²) in [6.45, 7) is 3.20. The minimum absolute atomic E-state index is 0.00287. The first kappa shape index (κ1) is 17.6. The highest BCUT2D eigenvalue weighted by Crippen LogP contribution is 2.45. The monoisotopic (exact) mass is 393 g/mol. The van der Waals surface area contributed by atoms with Crippen molar-refractivity contribution in [3.63, 3.8) is 0 Å². The van der Waals surface area contributed by atoms with Gasteiger partial charge in [-0.25, -0.2) is 0 Å². The van der Waals surface area contributed by atoms with E-state index in [4.69, 9.17) is 0 Å². The molecule has 5 aliphatic rings. The molecule has 0 aliphatic carbocycles. The Kier molecular flexibility index (Phi) is 3.89. The van der Waals surface area contributed by atoms with Gasteiger partial charge in [-0.1, -0.05) is 12.1 Å². The van der Waals surface area contributed by atoms with Gasteiger partial charge in [-0.05, 0) is 75.6 Å². The molecule has 29 heavy (non-hydrogen) atoms. The number of fused-ring (bicyclic) bond motifs is 3. The molecule has 5 aliphatic heterocycles. The Labute approximate surface area is 170 Å². The standard InChI is InChI=1S/C23H27N3O3/c27-21-15-6-1-2-7-16(15)22(28)26(21)19-10-9-18-17-8-4-12-24-11-3-5-14(20(17)24)13-25(18)23(19)29/h1-2,6-7,14,17-20H,3-5,8-13H2/t14-,17+,18+,19?,20-/m0/s1. The van der Waals surface area contributed by atoms with Crippen LogP contribution in [0.4, 0.5) is 0 Å². The molecule has 4 saturated heterocycles. The van der Waals surface area contributed by atoms with Crippen LogP contribution in [0.2, 0.25) is 0 Å². The van der Waals surface area contributed by atoms with E-state index in [0.29, 0.717) is 35.4 Å². The number of imide groups is 1. The van der Waals surface area contributed by atoms with Gasteiger partial charge in [0.15, 0.2) is 0 Å². The quantitative estimate of drug-likeness (QED) is 0.686. The molecular formula is C23H27N3O3. The van der Waals surface area contributed by atoms with Gasteiger partial charge in [0, 0.05) is 18.6 Å². The van der Waals surface area contributed by atoms with Crippen molar-refractivity contribution in [2.24, 2.45) is 11.8 Å². The van der Waals surface area contributed by atoms with Crippen LogP contribution in [0.25, 0.3) is 0 Å². The third-order valence-electron chi connectivity index (χ3n) is 8.11. The van der Waals surface area contributed by atoms with Crippen LogP contribution >= 0.6 is 0 Å². The van der Waals surface area contributed by atoms with Crippen LogP contribution in [0.5, 0.6) is 0 Å². The van der Waals surface area contributed by atoms with Crippen molar-refractivity contribution in [2.45, 2.75) is 56.7 Å². The van der Waals surface area contributed by atoms with Crippen LogP contribution in [0.15, 0.2) is 24.3 Å². The number of benzene rings is 1. The molecule has 1 unspecified atom stereocenters. The van der Waals surface area contributed by atoms with Gasteiger partial charge in [0.05, 0.1) is 11.1 Å². The van der Waals surface area contributed by atoms with Gasteiger partial charge in [-0.15, -0.1) is 0 Å². The maximum absolute atomic E-state index is 13.6. The molecule has 0 bridgehead atoms. The van der Waals surface area contributed by atoms with Crippen molar-refractivity contribution in [3.05, 3.63) is 35.4 Å². The van der Waals surface area contributed by atoms with E-state index in [9.17, 15) is 14.4 Å². The smallest absolute Gasteiger partial charge is 0.262 e. The predicted molar refractivity (Wildman–Crippen MR) is 106 cm³/mol.